The maximum Gasteiger partial charge on any atom is 0.179 e. The van der Waals surface area contributed by atoms with Crippen molar-refractivity contribution in [3.05, 3.63) is 35.4 Å². The van der Waals surface area contributed by atoms with Crippen LogP contribution in [0.3, 0.4) is 0 Å². The number of carbonyl (C=O) groups excluding carboxylic acids is 1. The zero-order chi connectivity index (χ0) is 12.1. The summed E-state index contributed by atoms with van der Waals surface area (Å²) < 4.78 is 0. The molecule has 1 atom stereocenters. The van der Waals surface area contributed by atoms with Gasteiger partial charge in [-0.25, -0.2) is 0 Å². The number of rotatable bonds is 5. The SMILES string of the molecule is CNC(CC(C)C)C(=O)c1ccc(C)cc1.Cl. The van der Waals surface area contributed by atoms with Crippen molar-refractivity contribution in [3.8, 4) is 0 Å². The van der Waals surface area contributed by atoms with Crippen LogP contribution in [0.15, 0.2) is 24.3 Å². The summed E-state index contributed by atoms with van der Waals surface area (Å²) in [4.78, 5) is 12.2. The van der Waals surface area contributed by atoms with E-state index < -0.39 is 0 Å². The van der Waals surface area contributed by atoms with Crippen molar-refractivity contribution in [1.29, 1.82) is 0 Å². The fraction of sp³-hybridized carbons (Fsp3) is 0.500. The lowest BCUT2D eigenvalue weighted by Gasteiger charge is -2.17. The molecule has 17 heavy (non-hydrogen) atoms. The Bertz CT molecular complexity index is 346. The molecule has 0 saturated heterocycles. The maximum absolute atomic E-state index is 12.2. The summed E-state index contributed by atoms with van der Waals surface area (Å²) >= 11 is 0. The summed E-state index contributed by atoms with van der Waals surface area (Å²) in [6, 6.07) is 7.71. The smallest absolute Gasteiger partial charge is 0.179 e. The van der Waals surface area contributed by atoms with Crippen LogP contribution < -0.4 is 5.32 Å². The third-order valence-corrected chi connectivity index (χ3v) is 2.71. The first kappa shape index (κ1) is 16.1. The average molecular weight is 256 g/mol. The molecule has 0 spiro atoms. The number of hydrogen-bond acceptors (Lipinski definition) is 2. The lowest BCUT2D eigenvalue weighted by molar-refractivity contribution is 0.0935. The van der Waals surface area contributed by atoms with Crippen molar-refractivity contribution in [1.82, 2.24) is 5.32 Å². The van der Waals surface area contributed by atoms with Crippen molar-refractivity contribution in [2.24, 2.45) is 5.92 Å². The molecule has 0 aliphatic carbocycles. The molecule has 2 nitrogen and oxygen atoms in total. The highest BCUT2D eigenvalue weighted by Gasteiger charge is 2.18. The summed E-state index contributed by atoms with van der Waals surface area (Å²) in [5, 5.41) is 3.10. The van der Waals surface area contributed by atoms with Crippen LogP contribution in [0.25, 0.3) is 0 Å². The van der Waals surface area contributed by atoms with E-state index in [9.17, 15) is 4.79 Å². The Morgan fingerprint density at radius 3 is 2.18 bits per heavy atom. The van der Waals surface area contributed by atoms with Gasteiger partial charge in [0.05, 0.1) is 6.04 Å². The predicted molar refractivity (Wildman–Crippen MR) is 75.1 cm³/mol. The van der Waals surface area contributed by atoms with Crippen LogP contribution in [0.5, 0.6) is 0 Å². The molecular formula is C14H22ClNO. The molecule has 3 heteroatoms. The summed E-state index contributed by atoms with van der Waals surface area (Å²) in [5.41, 5.74) is 1.98. The summed E-state index contributed by atoms with van der Waals surface area (Å²) in [5.74, 6) is 0.711. The number of ketones is 1. The topological polar surface area (TPSA) is 29.1 Å². The quantitative estimate of drug-likeness (QED) is 0.819. The number of benzene rings is 1. The van der Waals surface area contributed by atoms with Crippen LogP contribution in [0, 0.1) is 12.8 Å². The van der Waals surface area contributed by atoms with E-state index in [2.05, 4.69) is 19.2 Å². The van der Waals surface area contributed by atoms with Crippen molar-refractivity contribution >= 4 is 18.2 Å². The predicted octanol–water partition coefficient (Wildman–Crippen LogP) is 3.23. The van der Waals surface area contributed by atoms with E-state index in [1.54, 1.807) is 0 Å². The van der Waals surface area contributed by atoms with Gasteiger partial charge in [-0.15, -0.1) is 12.4 Å². The van der Waals surface area contributed by atoms with Gasteiger partial charge in [-0.1, -0.05) is 43.7 Å². The highest BCUT2D eigenvalue weighted by atomic mass is 35.5. The monoisotopic (exact) mass is 255 g/mol. The standard InChI is InChI=1S/C14H21NO.ClH/c1-10(2)9-13(15-4)14(16)12-7-5-11(3)6-8-12;/h5-8,10,13,15H,9H2,1-4H3;1H. The van der Waals surface area contributed by atoms with Gasteiger partial charge in [-0.2, -0.15) is 0 Å². The van der Waals surface area contributed by atoms with Gasteiger partial charge in [0.25, 0.3) is 0 Å². The zero-order valence-corrected chi connectivity index (χ0v) is 11.8. The van der Waals surface area contributed by atoms with Crippen LogP contribution in [-0.2, 0) is 0 Å². The molecule has 0 amide bonds. The lowest BCUT2D eigenvalue weighted by atomic mass is 9.96. The van der Waals surface area contributed by atoms with Crippen LogP contribution in [0.4, 0.5) is 0 Å². The summed E-state index contributed by atoms with van der Waals surface area (Å²) in [6.45, 7) is 6.29. The number of hydrogen-bond donors (Lipinski definition) is 1. The molecule has 1 unspecified atom stereocenters. The number of carbonyl (C=O) groups is 1. The maximum atomic E-state index is 12.2. The van der Waals surface area contributed by atoms with Gasteiger partial charge in [0.15, 0.2) is 5.78 Å². The van der Waals surface area contributed by atoms with Crippen LogP contribution in [0.2, 0.25) is 0 Å². The second-order valence-electron chi connectivity index (χ2n) is 4.70. The fourth-order valence-corrected chi connectivity index (χ4v) is 1.75. The molecule has 0 saturated carbocycles. The molecule has 1 aromatic rings. The van der Waals surface area contributed by atoms with E-state index >= 15 is 0 Å². The first-order valence-electron chi connectivity index (χ1n) is 5.82. The minimum absolute atomic E-state index is 0. The van der Waals surface area contributed by atoms with Crippen molar-refractivity contribution < 1.29 is 4.79 Å². The molecule has 1 N–H and O–H groups in total. The second kappa shape index (κ2) is 7.46. The van der Waals surface area contributed by atoms with Gasteiger partial charge in [0.2, 0.25) is 0 Å². The minimum atomic E-state index is -0.0669. The molecule has 1 aromatic carbocycles. The molecule has 0 aliphatic rings. The molecule has 0 aromatic heterocycles. The van der Waals surface area contributed by atoms with Gasteiger partial charge < -0.3 is 5.32 Å². The van der Waals surface area contributed by atoms with Crippen LogP contribution in [-0.4, -0.2) is 18.9 Å². The molecule has 0 bridgehead atoms. The summed E-state index contributed by atoms with van der Waals surface area (Å²) in [6.07, 6.45) is 0.878. The van der Waals surface area contributed by atoms with Gasteiger partial charge >= 0.3 is 0 Å². The Morgan fingerprint density at radius 2 is 1.76 bits per heavy atom. The fourth-order valence-electron chi connectivity index (χ4n) is 1.75. The zero-order valence-electron chi connectivity index (χ0n) is 11.0. The van der Waals surface area contributed by atoms with Crippen molar-refractivity contribution in [2.45, 2.75) is 33.2 Å². The van der Waals surface area contributed by atoms with Crippen LogP contribution in [0.1, 0.15) is 36.2 Å². The molecule has 1 rings (SSSR count). The normalized spacial score (nSPS) is 12.1. The summed E-state index contributed by atoms with van der Waals surface area (Å²) in [7, 11) is 1.85. The molecule has 0 heterocycles. The largest absolute Gasteiger partial charge is 0.310 e. The van der Waals surface area contributed by atoms with Gasteiger partial charge in [0, 0.05) is 5.56 Å². The number of halogens is 1. The van der Waals surface area contributed by atoms with Crippen molar-refractivity contribution in [3.63, 3.8) is 0 Å². The van der Waals surface area contributed by atoms with Crippen molar-refractivity contribution in [2.75, 3.05) is 7.05 Å². The van der Waals surface area contributed by atoms with Gasteiger partial charge in [0.1, 0.15) is 0 Å². The molecule has 0 fully saturated rings. The van der Waals surface area contributed by atoms with E-state index in [1.165, 1.54) is 5.56 Å². The number of Topliss-reactive ketones (excluding diaryl/α,β-unsaturated/α-hetero) is 1. The second-order valence-corrected chi connectivity index (χ2v) is 4.70. The number of nitrogens with one attached hydrogen (secondary N) is 1. The third-order valence-electron chi connectivity index (χ3n) is 2.71. The highest BCUT2D eigenvalue weighted by molar-refractivity contribution is 6.00. The first-order valence-corrected chi connectivity index (χ1v) is 5.82. The third kappa shape index (κ3) is 4.88. The molecule has 0 aliphatic heterocycles. The Labute approximate surface area is 110 Å². The van der Waals surface area contributed by atoms with E-state index in [1.807, 2.05) is 38.2 Å². The molecule has 96 valence electrons. The lowest BCUT2D eigenvalue weighted by Crippen LogP contribution is -2.35. The Hall–Kier alpha value is -0.860. The molecular weight excluding hydrogens is 234 g/mol. The molecule has 0 radical (unpaired) electrons. The Balaban J connectivity index is 0.00000256. The first-order chi connectivity index (χ1) is 7.54. The van der Waals surface area contributed by atoms with Gasteiger partial charge in [-0.3, -0.25) is 4.79 Å². The van der Waals surface area contributed by atoms with Gasteiger partial charge in [-0.05, 0) is 26.3 Å². The van der Waals surface area contributed by atoms with E-state index in [0.29, 0.717) is 5.92 Å². The number of likely N-dealkylation sites (N-methyl/N-ethyl adjacent to an activating group) is 1. The van der Waals surface area contributed by atoms with Crippen LogP contribution >= 0.6 is 12.4 Å². The minimum Gasteiger partial charge on any atom is -0.310 e. The Morgan fingerprint density at radius 1 is 1.24 bits per heavy atom. The van der Waals surface area contributed by atoms with E-state index in [-0.39, 0.29) is 24.2 Å². The number of aryl methyl sites for hydroxylation is 1. The Kier molecular flexibility index (Phi) is 7.09. The highest BCUT2D eigenvalue weighted by Crippen LogP contribution is 2.12. The van der Waals surface area contributed by atoms with E-state index in [0.717, 1.165) is 12.0 Å². The average Bonchev–Trinajstić information content (AvgIpc) is 2.25. The van der Waals surface area contributed by atoms with E-state index in [4.69, 9.17) is 0 Å².